The third-order valence-electron chi connectivity index (χ3n) is 4.23. The van der Waals surface area contributed by atoms with E-state index < -0.39 is 6.03 Å². The van der Waals surface area contributed by atoms with Gasteiger partial charge in [0.05, 0.1) is 46.3 Å². The van der Waals surface area contributed by atoms with Gasteiger partial charge in [0.25, 0.3) is 0 Å². The molecule has 1 unspecified atom stereocenters. The SMILES string of the molecule is COc1cc(NC(=O)NCC(OCCO)c2ccc(C)cc2)cc(OC)c1OC. The molecule has 0 aliphatic carbocycles. The fourth-order valence-electron chi connectivity index (χ4n) is 2.76. The number of urea groups is 1. The van der Waals surface area contributed by atoms with Gasteiger partial charge in [-0.2, -0.15) is 0 Å². The quantitative estimate of drug-likeness (QED) is 0.563. The summed E-state index contributed by atoms with van der Waals surface area (Å²) < 4.78 is 21.5. The number of hydrogen-bond acceptors (Lipinski definition) is 6. The van der Waals surface area contributed by atoms with Crippen LogP contribution in [0.5, 0.6) is 17.2 Å². The lowest BCUT2D eigenvalue weighted by atomic mass is 10.1. The number of aliphatic hydroxyl groups is 1. The molecule has 0 aromatic heterocycles. The van der Waals surface area contributed by atoms with E-state index in [-0.39, 0.29) is 25.9 Å². The molecule has 29 heavy (non-hydrogen) atoms. The molecule has 3 N–H and O–H groups in total. The van der Waals surface area contributed by atoms with Gasteiger partial charge >= 0.3 is 6.03 Å². The van der Waals surface area contributed by atoms with Gasteiger partial charge in [0.2, 0.25) is 5.75 Å². The summed E-state index contributed by atoms with van der Waals surface area (Å²) in [5.74, 6) is 1.31. The molecule has 0 bridgehead atoms. The smallest absolute Gasteiger partial charge is 0.319 e. The topological polar surface area (TPSA) is 98.3 Å². The van der Waals surface area contributed by atoms with Crippen LogP contribution in [0.25, 0.3) is 0 Å². The highest BCUT2D eigenvalue weighted by Crippen LogP contribution is 2.39. The Labute approximate surface area is 170 Å². The maximum Gasteiger partial charge on any atom is 0.319 e. The average molecular weight is 404 g/mol. The Kier molecular flexibility index (Phi) is 8.57. The third kappa shape index (κ3) is 6.27. The van der Waals surface area contributed by atoms with E-state index in [1.807, 2.05) is 31.2 Å². The van der Waals surface area contributed by atoms with Crippen molar-refractivity contribution in [3.8, 4) is 17.2 Å². The zero-order valence-corrected chi connectivity index (χ0v) is 17.2. The van der Waals surface area contributed by atoms with Crippen LogP contribution in [-0.2, 0) is 4.74 Å². The van der Waals surface area contributed by atoms with E-state index in [4.69, 9.17) is 24.1 Å². The first-order chi connectivity index (χ1) is 14.0. The molecule has 158 valence electrons. The van der Waals surface area contributed by atoms with Crippen LogP contribution in [0.4, 0.5) is 10.5 Å². The summed E-state index contributed by atoms with van der Waals surface area (Å²) in [4.78, 5) is 12.4. The van der Waals surface area contributed by atoms with Gasteiger partial charge in [-0.15, -0.1) is 0 Å². The van der Waals surface area contributed by atoms with Crippen LogP contribution in [0, 0.1) is 6.92 Å². The summed E-state index contributed by atoms with van der Waals surface area (Å²) in [5, 5.41) is 14.6. The van der Waals surface area contributed by atoms with Crippen molar-refractivity contribution in [2.75, 3.05) is 46.4 Å². The molecule has 0 saturated carbocycles. The number of amides is 2. The van der Waals surface area contributed by atoms with Crippen molar-refractivity contribution < 1.29 is 28.8 Å². The summed E-state index contributed by atoms with van der Waals surface area (Å²) in [7, 11) is 4.52. The van der Waals surface area contributed by atoms with Crippen LogP contribution in [0.3, 0.4) is 0 Å². The molecule has 0 fully saturated rings. The highest BCUT2D eigenvalue weighted by atomic mass is 16.5. The molecule has 0 saturated heterocycles. The maximum atomic E-state index is 12.4. The average Bonchev–Trinajstić information content (AvgIpc) is 2.73. The molecular formula is C21H28N2O6. The first-order valence-electron chi connectivity index (χ1n) is 9.16. The normalized spacial score (nSPS) is 11.5. The van der Waals surface area contributed by atoms with Gasteiger partial charge in [-0.05, 0) is 12.5 Å². The fourth-order valence-corrected chi connectivity index (χ4v) is 2.76. The number of hydrogen-bond donors (Lipinski definition) is 3. The van der Waals surface area contributed by atoms with Gasteiger partial charge in [0, 0.05) is 18.7 Å². The lowest BCUT2D eigenvalue weighted by molar-refractivity contribution is 0.0297. The van der Waals surface area contributed by atoms with Gasteiger partial charge in [-0.1, -0.05) is 29.8 Å². The van der Waals surface area contributed by atoms with Crippen LogP contribution in [0.2, 0.25) is 0 Å². The molecule has 0 radical (unpaired) electrons. The van der Waals surface area contributed by atoms with Crippen molar-refractivity contribution >= 4 is 11.7 Å². The first-order valence-corrected chi connectivity index (χ1v) is 9.16. The summed E-state index contributed by atoms with van der Waals surface area (Å²) in [6.07, 6.45) is -0.381. The predicted molar refractivity (Wildman–Crippen MR) is 110 cm³/mol. The number of aliphatic hydroxyl groups excluding tert-OH is 1. The number of ether oxygens (including phenoxy) is 4. The van der Waals surface area contributed by atoms with E-state index in [1.165, 1.54) is 21.3 Å². The fraction of sp³-hybridized carbons (Fsp3) is 0.381. The van der Waals surface area contributed by atoms with Gasteiger partial charge in [0.1, 0.15) is 0 Å². The zero-order valence-electron chi connectivity index (χ0n) is 17.2. The Morgan fingerprint density at radius 1 is 1.03 bits per heavy atom. The summed E-state index contributed by atoms with van der Waals surface area (Å²) in [6.45, 7) is 2.31. The standard InChI is InChI=1S/C21H28N2O6/c1-14-5-7-15(8-6-14)19(29-10-9-24)13-22-21(25)23-16-11-17(26-2)20(28-4)18(12-16)27-3/h5-8,11-12,19,24H,9-10,13H2,1-4H3,(H2,22,23,25). The Morgan fingerprint density at radius 2 is 1.66 bits per heavy atom. The number of methoxy groups -OCH3 is 3. The molecule has 0 spiro atoms. The molecule has 2 rings (SSSR count). The molecule has 0 aliphatic heterocycles. The lowest BCUT2D eigenvalue weighted by Gasteiger charge is -2.19. The van der Waals surface area contributed by atoms with Crippen molar-refractivity contribution in [3.05, 3.63) is 47.5 Å². The van der Waals surface area contributed by atoms with Gasteiger partial charge < -0.3 is 34.7 Å². The molecular weight excluding hydrogens is 376 g/mol. The highest BCUT2D eigenvalue weighted by molar-refractivity contribution is 5.90. The van der Waals surface area contributed by atoms with Gasteiger partial charge in [-0.3, -0.25) is 0 Å². The molecule has 2 amide bonds. The number of carbonyl (C=O) groups is 1. The Bertz CT molecular complexity index is 769. The second kappa shape index (κ2) is 11.1. The van der Waals surface area contributed by atoms with E-state index in [2.05, 4.69) is 10.6 Å². The number of anilines is 1. The zero-order chi connectivity index (χ0) is 21.2. The lowest BCUT2D eigenvalue weighted by Crippen LogP contribution is -2.33. The highest BCUT2D eigenvalue weighted by Gasteiger charge is 2.16. The van der Waals surface area contributed by atoms with E-state index in [0.717, 1.165) is 11.1 Å². The molecule has 2 aromatic rings. The minimum atomic E-state index is -0.413. The van der Waals surface area contributed by atoms with E-state index in [1.54, 1.807) is 12.1 Å². The first kappa shape index (κ1) is 22.3. The maximum absolute atomic E-state index is 12.4. The number of nitrogens with one attached hydrogen (secondary N) is 2. The summed E-state index contributed by atoms with van der Waals surface area (Å²) in [5.41, 5.74) is 2.53. The molecule has 8 heteroatoms. The number of aryl methyl sites for hydroxylation is 1. The minimum Gasteiger partial charge on any atom is -0.493 e. The molecule has 0 aliphatic rings. The van der Waals surface area contributed by atoms with E-state index in [0.29, 0.717) is 22.9 Å². The van der Waals surface area contributed by atoms with Crippen LogP contribution in [-0.4, -0.2) is 52.2 Å². The second-order valence-corrected chi connectivity index (χ2v) is 6.24. The van der Waals surface area contributed by atoms with Crippen LogP contribution < -0.4 is 24.8 Å². The summed E-state index contributed by atoms with van der Waals surface area (Å²) >= 11 is 0. The largest absolute Gasteiger partial charge is 0.493 e. The van der Waals surface area contributed by atoms with Crippen molar-refractivity contribution in [3.63, 3.8) is 0 Å². The molecule has 1 atom stereocenters. The van der Waals surface area contributed by atoms with Gasteiger partial charge in [0.15, 0.2) is 11.5 Å². The molecule has 0 heterocycles. The van der Waals surface area contributed by atoms with E-state index >= 15 is 0 Å². The number of carbonyl (C=O) groups excluding carboxylic acids is 1. The Hall–Kier alpha value is -2.97. The molecule has 8 nitrogen and oxygen atoms in total. The van der Waals surface area contributed by atoms with Crippen LogP contribution in [0.15, 0.2) is 36.4 Å². The minimum absolute atomic E-state index is 0.0972. The molecule has 2 aromatic carbocycles. The van der Waals surface area contributed by atoms with Crippen molar-refractivity contribution in [1.29, 1.82) is 0 Å². The van der Waals surface area contributed by atoms with Crippen molar-refractivity contribution in [2.24, 2.45) is 0 Å². The third-order valence-corrected chi connectivity index (χ3v) is 4.23. The monoisotopic (exact) mass is 404 g/mol. The van der Waals surface area contributed by atoms with Gasteiger partial charge in [-0.25, -0.2) is 4.79 Å². The van der Waals surface area contributed by atoms with E-state index in [9.17, 15) is 4.79 Å². The predicted octanol–water partition coefficient (Wildman–Crippen LogP) is 2.89. The number of rotatable bonds is 10. The van der Waals surface area contributed by atoms with Crippen LogP contribution >= 0.6 is 0 Å². The van der Waals surface area contributed by atoms with Crippen molar-refractivity contribution in [1.82, 2.24) is 5.32 Å². The number of benzene rings is 2. The summed E-state index contributed by atoms with van der Waals surface area (Å²) in [6, 6.07) is 10.7. The Morgan fingerprint density at radius 3 is 2.17 bits per heavy atom. The second-order valence-electron chi connectivity index (χ2n) is 6.24. The van der Waals surface area contributed by atoms with Crippen molar-refractivity contribution in [2.45, 2.75) is 13.0 Å². The van der Waals surface area contributed by atoms with Crippen LogP contribution in [0.1, 0.15) is 17.2 Å². The Balaban J connectivity index is 2.05.